The van der Waals surface area contributed by atoms with Crippen LogP contribution in [0.4, 0.5) is 0 Å². The molecule has 1 amide bonds. The highest BCUT2D eigenvalue weighted by Crippen LogP contribution is 2.26. The molecule has 1 aliphatic heterocycles. The van der Waals surface area contributed by atoms with E-state index in [1.54, 1.807) is 6.20 Å². The summed E-state index contributed by atoms with van der Waals surface area (Å²) in [4.78, 5) is 17.9. The van der Waals surface area contributed by atoms with E-state index < -0.39 is 0 Å². The number of nitrogens with one attached hydrogen (secondary N) is 1. The van der Waals surface area contributed by atoms with Gasteiger partial charge in [-0.2, -0.15) is 5.10 Å². The van der Waals surface area contributed by atoms with Crippen LogP contribution < -0.4 is 5.32 Å². The Morgan fingerprint density at radius 2 is 2.10 bits per heavy atom. The summed E-state index contributed by atoms with van der Waals surface area (Å²) in [5, 5.41) is 8.33. The maximum absolute atomic E-state index is 13.0. The number of carbonyl (C=O) groups excluding carboxylic acids is 1. The van der Waals surface area contributed by atoms with E-state index in [9.17, 15) is 4.79 Å². The number of benzene rings is 1. The van der Waals surface area contributed by atoms with Gasteiger partial charge in [-0.25, -0.2) is 9.67 Å². The van der Waals surface area contributed by atoms with Gasteiger partial charge in [0.1, 0.15) is 0 Å². The van der Waals surface area contributed by atoms with Crippen molar-refractivity contribution in [2.24, 2.45) is 0 Å². The lowest BCUT2D eigenvalue weighted by Gasteiger charge is -2.12. The van der Waals surface area contributed by atoms with E-state index in [-0.39, 0.29) is 18.1 Å². The van der Waals surface area contributed by atoms with Gasteiger partial charge in [0.2, 0.25) is 0 Å². The molecule has 2 aromatic heterocycles. The summed E-state index contributed by atoms with van der Waals surface area (Å²) < 4.78 is 7.52. The number of fused-ring (bicyclic) bond motifs is 1. The molecular formula is C23H28N4O2. The summed E-state index contributed by atoms with van der Waals surface area (Å²) >= 11 is 0. The smallest absolute Gasteiger partial charge is 0.252 e. The average molecular weight is 393 g/mol. The summed E-state index contributed by atoms with van der Waals surface area (Å²) in [6, 6.07) is 10.2. The fraction of sp³-hybridized carbons (Fsp3) is 0.435. The first-order valence-electron chi connectivity index (χ1n) is 10.4. The lowest BCUT2D eigenvalue weighted by Crippen LogP contribution is -2.27. The van der Waals surface area contributed by atoms with Crippen molar-refractivity contribution in [3.8, 4) is 11.3 Å². The van der Waals surface area contributed by atoms with Gasteiger partial charge in [-0.15, -0.1) is 0 Å². The molecule has 0 radical (unpaired) electrons. The summed E-state index contributed by atoms with van der Waals surface area (Å²) in [6.07, 6.45) is 5.04. The Hall–Kier alpha value is -2.73. The predicted molar refractivity (Wildman–Crippen MR) is 114 cm³/mol. The standard InChI is InChI=1S/C23H28N4O2/c1-15(2)27-22-20(14-25-27)19(23(28)24-11-10-18-5-4-12-29-18)13-21(26-22)17-8-6-16(3)7-9-17/h6-9,13-15,18H,4-5,10-12H2,1-3H3,(H,24,28)/t18-/m1/s1. The number of hydrogen-bond acceptors (Lipinski definition) is 4. The zero-order valence-electron chi connectivity index (χ0n) is 17.3. The van der Waals surface area contributed by atoms with Crippen molar-refractivity contribution in [1.82, 2.24) is 20.1 Å². The third-order valence-electron chi connectivity index (χ3n) is 5.42. The van der Waals surface area contributed by atoms with Crippen LogP contribution in [0.3, 0.4) is 0 Å². The number of nitrogens with zero attached hydrogens (tertiary/aromatic N) is 3. The Kier molecular flexibility index (Phi) is 5.62. The highest BCUT2D eigenvalue weighted by molar-refractivity contribution is 6.06. The first-order valence-corrected chi connectivity index (χ1v) is 10.4. The third-order valence-corrected chi connectivity index (χ3v) is 5.42. The largest absolute Gasteiger partial charge is 0.378 e. The highest BCUT2D eigenvalue weighted by Gasteiger charge is 2.20. The van der Waals surface area contributed by atoms with Crippen LogP contribution in [0.2, 0.25) is 0 Å². The molecule has 0 saturated carbocycles. The van der Waals surface area contributed by atoms with E-state index in [1.807, 2.05) is 22.9 Å². The Morgan fingerprint density at radius 1 is 1.31 bits per heavy atom. The number of carbonyl (C=O) groups is 1. The van der Waals surface area contributed by atoms with E-state index in [0.717, 1.165) is 48.2 Å². The van der Waals surface area contributed by atoms with E-state index in [1.165, 1.54) is 5.56 Å². The van der Waals surface area contributed by atoms with E-state index in [0.29, 0.717) is 12.1 Å². The monoisotopic (exact) mass is 392 g/mol. The number of aromatic nitrogens is 3. The Labute approximate surface area is 171 Å². The van der Waals surface area contributed by atoms with Crippen molar-refractivity contribution in [2.75, 3.05) is 13.2 Å². The van der Waals surface area contributed by atoms with Gasteiger partial charge in [-0.1, -0.05) is 29.8 Å². The quantitative estimate of drug-likeness (QED) is 0.680. The van der Waals surface area contributed by atoms with Gasteiger partial charge in [0.05, 0.1) is 28.9 Å². The molecule has 0 unspecified atom stereocenters. The minimum absolute atomic E-state index is 0.0907. The van der Waals surface area contributed by atoms with Crippen LogP contribution in [0.1, 0.15) is 55.1 Å². The van der Waals surface area contributed by atoms with Gasteiger partial charge in [0.15, 0.2) is 5.65 Å². The number of rotatable bonds is 6. The predicted octanol–water partition coefficient (Wildman–Crippen LogP) is 4.29. The van der Waals surface area contributed by atoms with Gasteiger partial charge in [-0.05, 0) is 46.1 Å². The second-order valence-electron chi connectivity index (χ2n) is 8.02. The minimum Gasteiger partial charge on any atom is -0.378 e. The van der Waals surface area contributed by atoms with Crippen molar-refractivity contribution < 1.29 is 9.53 Å². The molecule has 0 aliphatic carbocycles. The Balaban J connectivity index is 1.67. The van der Waals surface area contributed by atoms with Crippen molar-refractivity contribution in [2.45, 2.75) is 52.2 Å². The average Bonchev–Trinajstić information content (AvgIpc) is 3.37. The lowest BCUT2D eigenvalue weighted by molar-refractivity contribution is 0.0908. The zero-order valence-corrected chi connectivity index (χ0v) is 17.3. The van der Waals surface area contributed by atoms with Gasteiger partial charge in [-0.3, -0.25) is 4.79 Å². The van der Waals surface area contributed by atoms with E-state index in [2.05, 4.69) is 43.3 Å². The summed E-state index contributed by atoms with van der Waals surface area (Å²) in [7, 11) is 0. The molecule has 1 aliphatic rings. The molecule has 0 bridgehead atoms. The topological polar surface area (TPSA) is 69.0 Å². The molecule has 6 heteroatoms. The van der Waals surface area contributed by atoms with Crippen LogP contribution in [0, 0.1) is 6.92 Å². The second kappa shape index (κ2) is 8.33. The molecular weight excluding hydrogens is 364 g/mol. The van der Waals surface area contributed by atoms with Gasteiger partial charge < -0.3 is 10.1 Å². The number of aryl methyl sites for hydroxylation is 1. The molecule has 3 heterocycles. The number of amides is 1. The van der Waals surface area contributed by atoms with Gasteiger partial charge >= 0.3 is 0 Å². The number of hydrogen-bond donors (Lipinski definition) is 1. The van der Waals surface area contributed by atoms with Crippen LogP contribution in [0.5, 0.6) is 0 Å². The molecule has 1 N–H and O–H groups in total. The Morgan fingerprint density at radius 3 is 2.79 bits per heavy atom. The third kappa shape index (κ3) is 4.17. The number of pyridine rings is 1. The normalized spacial score (nSPS) is 16.6. The summed E-state index contributed by atoms with van der Waals surface area (Å²) in [6.45, 7) is 7.62. The molecule has 3 aromatic rings. The fourth-order valence-corrected chi connectivity index (χ4v) is 3.77. The molecule has 0 spiro atoms. The van der Waals surface area contributed by atoms with Crippen molar-refractivity contribution >= 4 is 16.9 Å². The Bertz CT molecular complexity index is 1000. The first-order chi connectivity index (χ1) is 14.0. The molecule has 6 nitrogen and oxygen atoms in total. The van der Waals surface area contributed by atoms with Gasteiger partial charge in [0.25, 0.3) is 5.91 Å². The molecule has 152 valence electrons. The van der Waals surface area contributed by atoms with Crippen LogP contribution in [-0.2, 0) is 4.74 Å². The van der Waals surface area contributed by atoms with Crippen molar-refractivity contribution in [3.05, 3.63) is 47.7 Å². The molecule has 1 fully saturated rings. The molecule has 1 aromatic carbocycles. The highest BCUT2D eigenvalue weighted by atomic mass is 16.5. The first kappa shape index (κ1) is 19.6. The lowest BCUT2D eigenvalue weighted by atomic mass is 10.0. The second-order valence-corrected chi connectivity index (χ2v) is 8.02. The SMILES string of the molecule is Cc1ccc(-c2cc(C(=O)NCC[C@H]3CCCO3)c3cnn(C(C)C)c3n2)cc1. The number of ether oxygens (including phenoxy) is 1. The molecule has 1 atom stereocenters. The van der Waals surface area contributed by atoms with Crippen molar-refractivity contribution in [3.63, 3.8) is 0 Å². The molecule has 4 rings (SSSR count). The maximum Gasteiger partial charge on any atom is 0.252 e. The van der Waals surface area contributed by atoms with E-state index in [4.69, 9.17) is 9.72 Å². The van der Waals surface area contributed by atoms with Crippen molar-refractivity contribution in [1.29, 1.82) is 0 Å². The zero-order chi connectivity index (χ0) is 20.4. The van der Waals surface area contributed by atoms with Crippen LogP contribution in [0.15, 0.2) is 36.5 Å². The van der Waals surface area contributed by atoms with Gasteiger partial charge in [0, 0.05) is 24.8 Å². The summed E-state index contributed by atoms with van der Waals surface area (Å²) in [5.41, 5.74) is 4.31. The fourth-order valence-electron chi connectivity index (χ4n) is 3.77. The van der Waals surface area contributed by atoms with E-state index >= 15 is 0 Å². The molecule has 29 heavy (non-hydrogen) atoms. The maximum atomic E-state index is 13.0. The van der Waals surface area contributed by atoms with Crippen LogP contribution >= 0.6 is 0 Å². The summed E-state index contributed by atoms with van der Waals surface area (Å²) in [5.74, 6) is -0.0907. The molecule has 1 saturated heterocycles. The van der Waals surface area contributed by atoms with Crippen LogP contribution in [-0.4, -0.2) is 39.9 Å². The minimum atomic E-state index is -0.0907. The van der Waals surface area contributed by atoms with Crippen LogP contribution in [0.25, 0.3) is 22.3 Å².